The standard InChI is InChI=1S/C11H14Br2O/c12-8-4-1-5-9-14-11-7-3-2-6-10(11)13/h2-3,6-7H,1,4-5,8-9H2. The van der Waals surface area contributed by atoms with Crippen molar-refractivity contribution in [1.82, 2.24) is 0 Å². The highest BCUT2D eigenvalue weighted by Crippen LogP contribution is 2.23. The molecule has 0 fully saturated rings. The second-order valence-corrected chi connectivity index (χ2v) is 4.68. The fourth-order valence-corrected chi connectivity index (χ4v) is 1.91. The van der Waals surface area contributed by atoms with Crippen molar-refractivity contribution in [3.8, 4) is 5.75 Å². The Morgan fingerprint density at radius 1 is 1.07 bits per heavy atom. The van der Waals surface area contributed by atoms with Gasteiger partial charge in [-0.2, -0.15) is 0 Å². The minimum atomic E-state index is 0.801. The number of rotatable bonds is 6. The van der Waals surface area contributed by atoms with Crippen molar-refractivity contribution in [1.29, 1.82) is 0 Å². The number of hydrogen-bond acceptors (Lipinski definition) is 1. The summed E-state index contributed by atoms with van der Waals surface area (Å²) in [5, 5.41) is 1.09. The second kappa shape index (κ2) is 7.30. The Hall–Kier alpha value is -0.0200. The second-order valence-electron chi connectivity index (χ2n) is 3.03. The average Bonchev–Trinajstić information content (AvgIpc) is 2.20. The van der Waals surface area contributed by atoms with E-state index < -0.39 is 0 Å². The molecule has 0 saturated carbocycles. The van der Waals surface area contributed by atoms with Crippen molar-refractivity contribution >= 4 is 31.9 Å². The van der Waals surface area contributed by atoms with Crippen LogP contribution in [-0.4, -0.2) is 11.9 Å². The molecule has 0 bridgehead atoms. The molecule has 0 aliphatic heterocycles. The normalized spacial score (nSPS) is 10.1. The number of ether oxygens (including phenoxy) is 1. The quantitative estimate of drug-likeness (QED) is 0.557. The monoisotopic (exact) mass is 320 g/mol. The van der Waals surface area contributed by atoms with Crippen LogP contribution in [0.15, 0.2) is 28.7 Å². The first kappa shape index (κ1) is 12.1. The number of hydrogen-bond donors (Lipinski definition) is 0. The van der Waals surface area contributed by atoms with Gasteiger partial charge in [0.25, 0.3) is 0 Å². The third-order valence-corrected chi connectivity index (χ3v) is 3.09. The van der Waals surface area contributed by atoms with Crippen LogP contribution in [0.3, 0.4) is 0 Å². The van der Waals surface area contributed by atoms with Crippen LogP contribution in [0, 0.1) is 0 Å². The van der Waals surface area contributed by atoms with Crippen molar-refractivity contribution in [3.63, 3.8) is 0 Å². The van der Waals surface area contributed by atoms with Crippen LogP contribution in [0.5, 0.6) is 5.75 Å². The molecule has 0 atom stereocenters. The summed E-state index contributed by atoms with van der Waals surface area (Å²) in [6, 6.07) is 7.95. The van der Waals surface area contributed by atoms with E-state index in [4.69, 9.17) is 4.74 Å². The zero-order valence-corrected chi connectivity index (χ0v) is 11.2. The van der Waals surface area contributed by atoms with Crippen molar-refractivity contribution < 1.29 is 4.74 Å². The Bertz CT molecular complexity index is 263. The van der Waals surface area contributed by atoms with Gasteiger partial charge in [-0.05, 0) is 47.3 Å². The minimum absolute atomic E-state index is 0.801. The number of unbranched alkanes of at least 4 members (excludes halogenated alkanes) is 2. The number of para-hydroxylation sites is 1. The molecule has 1 nitrogen and oxygen atoms in total. The van der Waals surface area contributed by atoms with Crippen LogP contribution in [0.1, 0.15) is 19.3 Å². The lowest BCUT2D eigenvalue weighted by atomic mass is 10.3. The predicted molar refractivity (Wildman–Crippen MR) is 67.3 cm³/mol. The molecular weight excluding hydrogens is 308 g/mol. The molecule has 78 valence electrons. The van der Waals surface area contributed by atoms with E-state index in [2.05, 4.69) is 31.9 Å². The maximum Gasteiger partial charge on any atom is 0.133 e. The van der Waals surface area contributed by atoms with E-state index in [1.807, 2.05) is 24.3 Å². The Morgan fingerprint density at radius 3 is 2.57 bits per heavy atom. The van der Waals surface area contributed by atoms with Crippen molar-refractivity contribution in [3.05, 3.63) is 28.7 Å². The van der Waals surface area contributed by atoms with E-state index in [1.165, 1.54) is 12.8 Å². The molecule has 0 amide bonds. The number of benzene rings is 1. The number of alkyl halides is 1. The van der Waals surface area contributed by atoms with Gasteiger partial charge in [0.15, 0.2) is 0 Å². The van der Waals surface area contributed by atoms with Crippen LogP contribution in [-0.2, 0) is 0 Å². The van der Waals surface area contributed by atoms with Crippen LogP contribution >= 0.6 is 31.9 Å². The highest BCUT2D eigenvalue weighted by atomic mass is 79.9. The lowest BCUT2D eigenvalue weighted by Gasteiger charge is -2.06. The Balaban J connectivity index is 2.21. The van der Waals surface area contributed by atoms with E-state index in [9.17, 15) is 0 Å². The van der Waals surface area contributed by atoms with Gasteiger partial charge in [-0.1, -0.05) is 28.1 Å². The van der Waals surface area contributed by atoms with Crippen molar-refractivity contribution in [2.45, 2.75) is 19.3 Å². The van der Waals surface area contributed by atoms with E-state index in [0.29, 0.717) is 0 Å². The van der Waals surface area contributed by atoms with Gasteiger partial charge >= 0.3 is 0 Å². The summed E-state index contributed by atoms with van der Waals surface area (Å²) in [4.78, 5) is 0. The molecule has 1 aromatic rings. The van der Waals surface area contributed by atoms with Crippen LogP contribution in [0.25, 0.3) is 0 Å². The maximum absolute atomic E-state index is 5.62. The van der Waals surface area contributed by atoms with Gasteiger partial charge in [0.2, 0.25) is 0 Å². The molecule has 1 rings (SSSR count). The molecule has 0 heterocycles. The van der Waals surface area contributed by atoms with E-state index in [0.717, 1.165) is 28.6 Å². The van der Waals surface area contributed by atoms with Gasteiger partial charge in [-0.25, -0.2) is 0 Å². The lowest BCUT2D eigenvalue weighted by molar-refractivity contribution is 0.304. The topological polar surface area (TPSA) is 9.23 Å². The van der Waals surface area contributed by atoms with E-state index >= 15 is 0 Å². The van der Waals surface area contributed by atoms with Crippen LogP contribution < -0.4 is 4.74 Å². The van der Waals surface area contributed by atoms with Gasteiger partial charge in [0, 0.05) is 5.33 Å². The summed E-state index contributed by atoms with van der Waals surface area (Å²) in [6.07, 6.45) is 3.56. The van der Waals surface area contributed by atoms with E-state index in [1.54, 1.807) is 0 Å². The molecule has 0 aliphatic carbocycles. The van der Waals surface area contributed by atoms with Gasteiger partial charge in [-0.15, -0.1) is 0 Å². The molecule has 0 spiro atoms. The molecular formula is C11H14Br2O. The van der Waals surface area contributed by atoms with Crippen LogP contribution in [0.4, 0.5) is 0 Å². The highest BCUT2D eigenvalue weighted by molar-refractivity contribution is 9.10. The summed E-state index contributed by atoms with van der Waals surface area (Å²) in [5.41, 5.74) is 0. The van der Waals surface area contributed by atoms with Crippen molar-refractivity contribution in [2.24, 2.45) is 0 Å². The SMILES string of the molecule is BrCCCCCOc1ccccc1Br. The summed E-state index contributed by atoms with van der Waals surface area (Å²) in [7, 11) is 0. The van der Waals surface area contributed by atoms with Gasteiger partial charge in [-0.3, -0.25) is 0 Å². The summed E-state index contributed by atoms with van der Waals surface area (Å²) in [5.74, 6) is 0.936. The molecule has 0 N–H and O–H groups in total. The summed E-state index contributed by atoms with van der Waals surface area (Å²) < 4.78 is 6.65. The maximum atomic E-state index is 5.62. The van der Waals surface area contributed by atoms with Crippen molar-refractivity contribution in [2.75, 3.05) is 11.9 Å². The first-order valence-corrected chi connectivity index (χ1v) is 6.69. The summed E-state index contributed by atoms with van der Waals surface area (Å²) >= 11 is 6.86. The molecule has 0 aliphatic rings. The molecule has 14 heavy (non-hydrogen) atoms. The first-order valence-electron chi connectivity index (χ1n) is 4.78. The van der Waals surface area contributed by atoms with Crippen LogP contribution in [0.2, 0.25) is 0 Å². The first-order chi connectivity index (χ1) is 6.84. The fraction of sp³-hybridized carbons (Fsp3) is 0.455. The highest BCUT2D eigenvalue weighted by Gasteiger charge is 1.97. The smallest absolute Gasteiger partial charge is 0.133 e. The Morgan fingerprint density at radius 2 is 1.86 bits per heavy atom. The Labute approximate surface area is 102 Å². The third kappa shape index (κ3) is 4.47. The molecule has 0 unspecified atom stereocenters. The zero-order valence-electron chi connectivity index (χ0n) is 8.01. The molecule has 1 aromatic carbocycles. The van der Waals surface area contributed by atoms with Gasteiger partial charge in [0.1, 0.15) is 5.75 Å². The van der Waals surface area contributed by atoms with Gasteiger partial charge in [0.05, 0.1) is 11.1 Å². The predicted octanol–water partition coefficient (Wildman–Crippen LogP) is 4.39. The lowest BCUT2D eigenvalue weighted by Crippen LogP contribution is -1.97. The minimum Gasteiger partial charge on any atom is -0.492 e. The molecule has 0 aromatic heterocycles. The zero-order chi connectivity index (χ0) is 10.2. The van der Waals surface area contributed by atoms with E-state index in [-0.39, 0.29) is 0 Å². The summed E-state index contributed by atoms with van der Waals surface area (Å²) in [6.45, 7) is 0.801. The molecule has 3 heteroatoms. The average molecular weight is 322 g/mol. The fourth-order valence-electron chi connectivity index (χ4n) is 1.12. The number of halogens is 2. The van der Waals surface area contributed by atoms with Gasteiger partial charge < -0.3 is 4.74 Å². The largest absolute Gasteiger partial charge is 0.492 e. The third-order valence-electron chi connectivity index (χ3n) is 1.87. The Kier molecular flexibility index (Phi) is 6.28. The molecule has 0 radical (unpaired) electrons. The molecule has 0 saturated heterocycles.